The summed E-state index contributed by atoms with van der Waals surface area (Å²) >= 11 is 0. The molecule has 0 aliphatic carbocycles. The van der Waals surface area contributed by atoms with Crippen molar-refractivity contribution in [3.8, 4) is 0 Å². The van der Waals surface area contributed by atoms with E-state index in [1.807, 2.05) is 0 Å². The summed E-state index contributed by atoms with van der Waals surface area (Å²) in [5.74, 6) is -0.807. The van der Waals surface area contributed by atoms with Crippen molar-refractivity contribution in [1.82, 2.24) is 10.3 Å². The van der Waals surface area contributed by atoms with Crippen molar-refractivity contribution < 1.29 is 9.18 Å². The summed E-state index contributed by atoms with van der Waals surface area (Å²) in [6.07, 6.45) is 1.60. The molecule has 0 spiro atoms. The van der Waals surface area contributed by atoms with Crippen LogP contribution in [0.2, 0.25) is 0 Å². The second kappa shape index (κ2) is 7.75. The summed E-state index contributed by atoms with van der Waals surface area (Å²) in [6.45, 7) is 1.06. The normalized spacial score (nSPS) is 10.2. The van der Waals surface area contributed by atoms with E-state index in [0.717, 1.165) is 12.8 Å². The molecule has 0 fully saturated rings. The number of nitrogens with two attached hydrogens (primary N) is 1. The average Bonchev–Trinajstić information content (AvgIpc) is 2.42. The van der Waals surface area contributed by atoms with E-state index in [9.17, 15) is 14.0 Å². The predicted octanol–water partition coefficient (Wildman–Crippen LogP) is 1.56. The molecule has 5 nitrogen and oxygen atoms in total. The molecule has 4 N–H and O–H groups in total. The molecule has 114 valence electrons. The molecule has 2 aromatic rings. The summed E-state index contributed by atoms with van der Waals surface area (Å²) in [5, 5.41) is 3.24. The van der Waals surface area contributed by atoms with Crippen molar-refractivity contribution in [2.75, 3.05) is 13.1 Å². The van der Waals surface area contributed by atoms with E-state index in [1.165, 1.54) is 24.3 Å². The molecule has 1 aromatic carbocycles. The van der Waals surface area contributed by atoms with Crippen molar-refractivity contribution >= 4 is 29.2 Å². The Hall–Kier alpha value is -1.92. The van der Waals surface area contributed by atoms with Crippen LogP contribution in [0.15, 0.2) is 29.1 Å². The molecule has 0 aliphatic rings. The average molecular weight is 314 g/mol. The smallest absolute Gasteiger partial charge is 0.252 e. The van der Waals surface area contributed by atoms with E-state index in [1.54, 1.807) is 0 Å². The topological polar surface area (TPSA) is 88.0 Å². The SMILES string of the molecule is Cl.NCCCCNC(=O)c1cc(=O)[nH]c2cc(F)ccc12. The number of aromatic amines is 1. The summed E-state index contributed by atoms with van der Waals surface area (Å²) in [7, 11) is 0. The number of unbranched alkanes of at least 4 members (excludes halogenated alkanes) is 1. The molecular formula is C14H17ClFN3O2. The van der Waals surface area contributed by atoms with Crippen LogP contribution in [0.25, 0.3) is 10.9 Å². The maximum Gasteiger partial charge on any atom is 0.252 e. The van der Waals surface area contributed by atoms with Crippen LogP contribution in [0.5, 0.6) is 0 Å². The fourth-order valence-corrected chi connectivity index (χ4v) is 1.99. The number of halogens is 2. The summed E-state index contributed by atoms with van der Waals surface area (Å²) in [5.41, 5.74) is 5.49. The molecule has 0 saturated carbocycles. The molecule has 1 amide bonds. The zero-order valence-electron chi connectivity index (χ0n) is 11.3. The Morgan fingerprint density at radius 3 is 2.76 bits per heavy atom. The van der Waals surface area contributed by atoms with Gasteiger partial charge >= 0.3 is 0 Å². The molecule has 0 unspecified atom stereocenters. The van der Waals surface area contributed by atoms with Gasteiger partial charge in [-0.1, -0.05) is 0 Å². The van der Waals surface area contributed by atoms with Crippen molar-refractivity contribution in [1.29, 1.82) is 0 Å². The number of amides is 1. The van der Waals surface area contributed by atoms with Gasteiger partial charge in [0.15, 0.2) is 0 Å². The Morgan fingerprint density at radius 2 is 2.05 bits per heavy atom. The van der Waals surface area contributed by atoms with Gasteiger partial charge in [-0.15, -0.1) is 12.4 Å². The highest BCUT2D eigenvalue weighted by Crippen LogP contribution is 2.16. The first-order valence-corrected chi connectivity index (χ1v) is 6.42. The minimum absolute atomic E-state index is 0. The Morgan fingerprint density at radius 1 is 1.29 bits per heavy atom. The lowest BCUT2D eigenvalue weighted by Gasteiger charge is -2.07. The number of aromatic nitrogens is 1. The van der Waals surface area contributed by atoms with Gasteiger partial charge in [-0.2, -0.15) is 0 Å². The van der Waals surface area contributed by atoms with Crippen molar-refractivity contribution in [2.45, 2.75) is 12.8 Å². The third-order valence-electron chi connectivity index (χ3n) is 2.97. The highest BCUT2D eigenvalue weighted by atomic mass is 35.5. The van der Waals surface area contributed by atoms with E-state index < -0.39 is 11.4 Å². The Balaban J connectivity index is 0.00000220. The lowest BCUT2D eigenvalue weighted by Crippen LogP contribution is -2.26. The van der Waals surface area contributed by atoms with Crippen LogP contribution in [0, 0.1) is 5.82 Å². The number of pyridine rings is 1. The number of hydrogen-bond donors (Lipinski definition) is 3. The molecule has 2 rings (SSSR count). The largest absolute Gasteiger partial charge is 0.352 e. The first-order valence-electron chi connectivity index (χ1n) is 6.42. The molecule has 1 heterocycles. The van der Waals surface area contributed by atoms with Gasteiger partial charge in [-0.25, -0.2) is 4.39 Å². The third kappa shape index (κ3) is 4.27. The van der Waals surface area contributed by atoms with Crippen LogP contribution in [0.1, 0.15) is 23.2 Å². The number of rotatable bonds is 5. The second-order valence-corrected chi connectivity index (χ2v) is 4.49. The standard InChI is InChI=1S/C14H16FN3O2.ClH/c15-9-3-4-10-11(8-13(19)18-12(10)7-9)14(20)17-6-2-1-5-16;/h3-4,7-8H,1-2,5-6,16H2,(H,17,20)(H,18,19);1H. The van der Waals surface area contributed by atoms with Crippen LogP contribution < -0.4 is 16.6 Å². The van der Waals surface area contributed by atoms with Crippen molar-refractivity contribution in [2.24, 2.45) is 5.73 Å². The van der Waals surface area contributed by atoms with Crippen LogP contribution in [-0.4, -0.2) is 24.0 Å². The van der Waals surface area contributed by atoms with Gasteiger partial charge in [0, 0.05) is 18.0 Å². The maximum atomic E-state index is 13.2. The zero-order valence-corrected chi connectivity index (χ0v) is 12.1. The van der Waals surface area contributed by atoms with Crippen LogP contribution >= 0.6 is 12.4 Å². The number of nitrogens with one attached hydrogen (secondary N) is 2. The van der Waals surface area contributed by atoms with Gasteiger partial charge in [0.1, 0.15) is 5.82 Å². The number of benzene rings is 1. The minimum Gasteiger partial charge on any atom is -0.352 e. The zero-order chi connectivity index (χ0) is 14.5. The number of H-pyrrole nitrogens is 1. The highest BCUT2D eigenvalue weighted by Gasteiger charge is 2.11. The lowest BCUT2D eigenvalue weighted by atomic mass is 10.1. The third-order valence-corrected chi connectivity index (χ3v) is 2.97. The number of fused-ring (bicyclic) bond motifs is 1. The first-order chi connectivity index (χ1) is 9.61. The number of carbonyl (C=O) groups excluding carboxylic acids is 1. The van der Waals surface area contributed by atoms with Crippen molar-refractivity contribution in [3.63, 3.8) is 0 Å². The fourth-order valence-electron chi connectivity index (χ4n) is 1.99. The van der Waals surface area contributed by atoms with Gasteiger partial charge in [0.25, 0.3) is 5.91 Å². The van der Waals surface area contributed by atoms with Gasteiger partial charge in [0.2, 0.25) is 5.56 Å². The first kappa shape index (κ1) is 17.1. The summed E-state index contributed by atoms with van der Waals surface area (Å²) in [4.78, 5) is 26.1. The molecule has 21 heavy (non-hydrogen) atoms. The lowest BCUT2D eigenvalue weighted by molar-refractivity contribution is 0.0954. The number of hydrogen-bond acceptors (Lipinski definition) is 3. The van der Waals surface area contributed by atoms with E-state index in [4.69, 9.17) is 5.73 Å². The van der Waals surface area contributed by atoms with E-state index in [-0.39, 0.29) is 23.9 Å². The predicted molar refractivity (Wildman–Crippen MR) is 82.4 cm³/mol. The van der Waals surface area contributed by atoms with E-state index >= 15 is 0 Å². The van der Waals surface area contributed by atoms with Gasteiger partial charge in [-0.05, 0) is 37.6 Å². The van der Waals surface area contributed by atoms with Crippen LogP contribution in [-0.2, 0) is 0 Å². The molecule has 0 radical (unpaired) electrons. The summed E-state index contributed by atoms with van der Waals surface area (Å²) < 4.78 is 13.2. The Labute approximate surface area is 127 Å². The Bertz CT molecular complexity index is 687. The highest BCUT2D eigenvalue weighted by molar-refractivity contribution is 6.05. The molecule has 7 heteroatoms. The maximum absolute atomic E-state index is 13.2. The number of carbonyl (C=O) groups is 1. The minimum atomic E-state index is -0.464. The van der Waals surface area contributed by atoms with Crippen LogP contribution in [0.4, 0.5) is 4.39 Å². The van der Waals surface area contributed by atoms with Crippen molar-refractivity contribution in [3.05, 3.63) is 46.0 Å². The van der Waals surface area contributed by atoms with E-state index in [0.29, 0.717) is 24.0 Å². The molecule has 0 aliphatic heterocycles. The second-order valence-electron chi connectivity index (χ2n) is 4.49. The molecule has 0 saturated heterocycles. The molecular weight excluding hydrogens is 297 g/mol. The fraction of sp³-hybridized carbons (Fsp3) is 0.286. The van der Waals surface area contributed by atoms with E-state index in [2.05, 4.69) is 10.3 Å². The van der Waals surface area contributed by atoms with Crippen LogP contribution in [0.3, 0.4) is 0 Å². The van der Waals surface area contributed by atoms with Gasteiger partial charge in [-0.3, -0.25) is 9.59 Å². The summed E-state index contributed by atoms with van der Waals surface area (Å²) in [6, 6.07) is 5.15. The molecule has 1 aromatic heterocycles. The Kier molecular flexibility index (Phi) is 6.33. The quantitative estimate of drug-likeness (QED) is 0.732. The molecule has 0 bridgehead atoms. The monoisotopic (exact) mass is 313 g/mol. The van der Waals surface area contributed by atoms with Gasteiger partial charge < -0.3 is 16.0 Å². The molecule has 0 atom stereocenters. The van der Waals surface area contributed by atoms with Gasteiger partial charge in [0.05, 0.1) is 11.1 Å².